The quantitative estimate of drug-likeness (QED) is 0.578. The topological polar surface area (TPSA) is 96.0 Å². The molecule has 9 heteroatoms. The summed E-state index contributed by atoms with van der Waals surface area (Å²) in [5.41, 5.74) is 3.74. The van der Waals surface area contributed by atoms with Crippen LogP contribution in [0.5, 0.6) is 0 Å². The van der Waals surface area contributed by atoms with Crippen LogP contribution in [0.2, 0.25) is 5.02 Å². The first kappa shape index (κ1) is 21.3. The summed E-state index contributed by atoms with van der Waals surface area (Å²) >= 11 is 8.44. The summed E-state index contributed by atoms with van der Waals surface area (Å²) in [5.74, 6) is 1.83. The third kappa shape index (κ3) is 3.14. The van der Waals surface area contributed by atoms with Crippen LogP contribution in [0.3, 0.4) is 0 Å². The van der Waals surface area contributed by atoms with E-state index in [4.69, 9.17) is 21.9 Å². The van der Waals surface area contributed by atoms with Gasteiger partial charge in [0.25, 0.3) is 0 Å². The largest absolute Gasteiger partial charge is 0.353 e. The summed E-state index contributed by atoms with van der Waals surface area (Å²) in [7, 11) is 0. The number of nitrogens with one attached hydrogen (secondary N) is 1. The van der Waals surface area contributed by atoms with Crippen molar-refractivity contribution in [3.8, 4) is 11.1 Å². The molecule has 4 aliphatic rings. The Morgan fingerprint density at radius 2 is 2.06 bits per heavy atom. The van der Waals surface area contributed by atoms with Crippen LogP contribution < -0.4 is 5.32 Å². The van der Waals surface area contributed by atoms with Crippen molar-refractivity contribution >= 4 is 34.6 Å². The van der Waals surface area contributed by atoms with Crippen LogP contribution in [0.1, 0.15) is 58.9 Å². The number of amides is 1. The molecule has 0 unspecified atom stereocenters. The van der Waals surface area contributed by atoms with E-state index in [9.17, 15) is 4.79 Å². The van der Waals surface area contributed by atoms with Gasteiger partial charge in [-0.3, -0.25) is 14.4 Å². The first-order valence-corrected chi connectivity index (χ1v) is 13.3. The molecule has 1 amide bonds. The fraction of sp³-hybridized carbons (Fsp3) is 0.423. The summed E-state index contributed by atoms with van der Waals surface area (Å²) in [4.78, 5) is 19.7. The Balaban J connectivity index is 1.31. The highest BCUT2D eigenvalue weighted by Gasteiger charge is 2.52. The maximum atomic E-state index is 13.1. The molecule has 3 heterocycles. The van der Waals surface area contributed by atoms with E-state index < -0.39 is 0 Å². The number of hydrogen-bond acceptors (Lipinski definition) is 6. The molecule has 7 rings (SSSR count). The Labute approximate surface area is 211 Å². The van der Waals surface area contributed by atoms with Crippen LogP contribution in [0.15, 0.2) is 29.3 Å². The zero-order chi connectivity index (χ0) is 23.9. The standard InChI is InChI=1S/C26H23ClN6OS/c1-13-31-32-25-26(6-7-26)30-22(17-4-2-3-5-19(17)27)21-18-10-15(11-20(18)35-24(21)33(13)25)23(34)29-16-8-14(9-16)12-28/h2-5,14-16H,6-11H2,1H3,(H,29,34)/t14?,15-,16?/m0/s1. The maximum Gasteiger partial charge on any atom is 0.224 e. The number of halogens is 1. The number of nitrogens with zero attached hydrogens (tertiary/aromatic N) is 5. The second-order valence-corrected chi connectivity index (χ2v) is 11.7. The second-order valence-electron chi connectivity index (χ2n) is 10.2. The number of benzene rings is 1. The smallest absolute Gasteiger partial charge is 0.224 e. The molecule has 7 nitrogen and oxygen atoms in total. The van der Waals surface area contributed by atoms with Crippen molar-refractivity contribution in [1.82, 2.24) is 20.1 Å². The number of aliphatic imine (C=N–C) groups is 1. The second kappa shape index (κ2) is 7.49. The van der Waals surface area contributed by atoms with Gasteiger partial charge < -0.3 is 5.32 Å². The minimum absolute atomic E-state index is 0.0756. The SMILES string of the molecule is Cc1nnc2n1-c1sc3c(c1C(c1ccccc1Cl)=NC21CC1)C[C@H](C(=O)NC1CC(C#N)C1)C3. The number of carbonyl (C=O) groups is 1. The Bertz CT molecular complexity index is 1470. The van der Waals surface area contributed by atoms with Gasteiger partial charge in [-0.15, -0.1) is 21.5 Å². The summed E-state index contributed by atoms with van der Waals surface area (Å²) in [6.45, 7) is 1.99. The molecule has 3 aliphatic carbocycles. The van der Waals surface area contributed by atoms with Crippen molar-refractivity contribution in [3.63, 3.8) is 0 Å². The molecule has 2 saturated carbocycles. The van der Waals surface area contributed by atoms with E-state index in [1.807, 2.05) is 31.2 Å². The summed E-state index contributed by atoms with van der Waals surface area (Å²) in [6, 6.07) is 10.3. The molecule has 35 heavy (non-hydrogen) atoms. The molecule has 1 aliphatic heterocycles. The minimum Gasteiger partial charge on any atom is -0.353 e. The lowest BCUT2D eigenvalue weighted by atomic mass is 9.81. The zero-order valence-corrected chi connectivity index (χ0v) is 20.8. The van der Waals surface area contributed by atoms with E-state index in [1.54, 1.807) is 11.3 Å². The van der Waals surface area contributed by atoms with Gasteiger partial charge in [-0.05, 0) is 57.1 Å². The van der Waals surface area contributed by atoms with E-state index in [-0.39, 0.29) is 29.3 Å². The number of aromatic nitrogens is 3. The van der Waals surface area contributed by atoms with Gasteiger partial charge in [0, 0.05) is 33.0 Å². The van der Waals surface area contributed by atoms with Crippen molar-refractivity contribution in [2.24, 2.45) is 16.8 Å². The third-order valence-corrected chi connectivity index (χ3v) is 9.42. The van der Waals surface area contributed by atoms with Gasteiger partial charge in [0.2, 0.25) is 5.91 Å². The molecule has 3 aromatic rings. The average Bonchev–Trinajstić information content (AvgIpc) is 3.16. The molecule has 176 valence electrons. The lowest BCUT2D eigenvalue weighted by Gasteiger charge is -2.32. The lowest BCUT2D eigenvalue weighted by Crippen LogP contribution is -2.46. The Morgan fingerprint density at radius 3 is 2.80 bits per heavy atom. The molecule has 0 bridgehead atoms. The van der Waals surface area contributed by atoms with E-state index in [2.05, 4.69) is 26.2 Å². The number of fused-ring (bicyclic) bond motifs is 6. The molecule has 1 atom stereocenters. The van der Waals surface area contributed by atoms with Crippen molar-refractivity contribution in [2.75, 3.05) is 0 Å². The van der Waals surface area contributed by atoms with E-state index in [1.165, 1.54) is 10.4 Å². The fourth-order valence-corrected chi connectivity index (χ4v) is 7.38. The van der Waals surface area contributed by atoms with Gasteiger partial charge in [0.15, 0.2) is 5.82 Å². The number of hydrogen-bond donors (Lipinski definition) is 1. The molecule has 2 aromatic heterocycles. The van der Waals surface area contributed by atoms with Gasteiger partial charge in [-0.1, -0.05) is 29.8 Å². The number of nitriles is 1. The number of carbonyl (C=O) groups excluding carboxylic acids is 1. The zero-order valence-electron chi connectivity index (χ0n) is 19.2. The third-order valence-electron chi connectivity index (χ3n) is 7.85. The Hall–Kier alpha value is -3.02. The molecule has 1 N–H and O–H groups in total. The van der Waals surface area contributed by atoms with E-state index in [0.29, 0.717) is 17.9 Å². The molecule has 0 radical (unpaired) electrons. The molecule has 1 spiro atoms. The van der Waals surface area contributed by atoms with Crippen LogP contribution in [-0.4, -0.2) is 32.4 Å². The van der Waals surface area contributed by atoms with Crippen LogP contribution in [0.4, 0.5) is 0 Å². The predicted molar refractivity (Wildman–Crippen MR) is 133 cm³/mol. The fourth-order valence-electron chi connectivity index (χ4n) is 5.70. The Morgan fingerprint density at radius 1 is 1.26 bits per heavy atom. The van der Waals surface area contributed by atoms with Crippen molar-refractivity contribution in [3.05, 3.63) is 62.5 Å². The van der Waals surface area contributed by atoms with E-state index in [0.717, 1.165) is 59.2 Å². The molecule has 2 fully saturated rings. The molecule has 1 aromatic carbocycles. The highest BCUT2D eigenvalue weighted by molar-refractivity contribution is 7.15. The summed E-state index contributed by atoms with van der Waals surface area (Å²) < 4.78 is 2.18. The lowest BCUT2D eigenvalue weighted by molar-refractivity contribution is -0.126. The molecular formula is C26H23ClN6OS. The number of aryl methyl sites for hydroxylation is 1. The van der Waals surface area contributed by atoms with Crippen molar-refractivity contribution in [2.45, 2.75) is 57.0 Å². The first-order valence-electron chi connectivity index (χ1n) is 12.1. The first-order chi connectivity index (χ1) is 17.0. The van der Waals surface area contributed by atoms with Crippen molar-refractivity contribution in [1.29, 1.82) is 5.26 Å². The highest BCUT2D eigenvalue weighted by Crippen LogP contribution is 2.54. The van der Waals surface area contributed by atoms with E-state index >= 15 is 0 Å². The van der Waals surface area contributed by atoms with Crippen molar-refractivity contribution < 1.29 is 4.79 Å². The predicted octanol–water partition coefficient (Wildman–Crippen LogP) is 4.26. The highest BCUT2D eigenvalue weighted by atomic mass is 35.5. The van der Waals surface area contributed by atoms with Crippen LogP contribution in [0.25, 0.3) is 5.00 Å². The van der Waals surface area contributed by atoms with Crippen LogP contribution >= 0.6 is 22.9 Å². The van der Waals surface area contributed by atoms with Gasteiger partial charge in [-0.2, -0.15) is 5.26 Å². The number of rotatable bonds is 3. The van der Waals surface area contributed by atoms with Gasteiger partial charge in [0.1, 0.15) is 16.4 Å². The van der Waals surface area contributed by atoms with Gasteiger partial charge in [0.05, 0.1) is 17.7 Å². The minimum atomic E-state index is -0.363. The monoisotopic (exact) mass is 502 g/mol. The summed E-state index contributed by atoms with van der Waals surface area (Å²) in [6.07, 6.45) is 4.78. The van der Waals surface area contributed by atoms with Crippen LogP contribution in [-0.2, 0) is 23.2 Å². The van der Waals surface area contributed by atoms with Gasteiger partial charge >= 0.3 is 0 Å². The average molecular weight is 503 g/mol. The Kier molecular flexibility index (Phi) is 4.55. The van der Waals surface area contributed by atoms with Gasteiger partial charge in [-0.25, -0.2) is 0 Å². The normalized spacial score (nSPS) is 24.9. The summed E-state index contributed by atoms with van der Waals surface area (Å²) in [5, 5.41) is 22.9. The molecular weight excluding hydrogens is 480 g/mol. The van der Waals surface area contributed by atoms with Crippen LogP contribution in [0, 0.1) is 30.1 Å². The maximum absolute atomic E-state index is 13.1. The molecule has 0 saturated heterocycles. The number of thiophene rings is 1.